The zero-order chi connectivity index (χ0) is 19.4. The predicted octanol–water partition coefficient (Wildman–Crippen LogP) is 1.77. The van der Waals surface area contributed by atoms with E-state index in [9.17, 15) is 14.4 Å². The number of esters is 1. The number of allylic oxidation sites excluding steroid dienone is 1. The van der Waals surface area contributed by atoms with Crippen molar-refractivity contribution in [1.82, 2.24) is 10.2 Å². The van der Waals surface area contributed by atoms with Crippen LogP contribution in [0.2, 0.25) is 0 Å². The molecule has 0 aromatic carbocycles. The number of hydrogen-bond donors (Lipinski definition) is 1. The summed E-state index contributed by atoms with van der Waals surface area (Å²) in [5.74, 6) is -1.29. The molecule has 0 radical (unpaired) electrons. The van der Waals surface area contributed by atoms with E-state index in [0.717, 1.165) is 31.4 Å². The third-order valence-electron chi connectivity index (χ3n) is 5.97. The maximum Gasteiger partial charge on any atom is 0.318 e. The van der Waals surface area contributed by atoms with Gasteiger partial charge in [0.2, 0.25) is 11.8 Å². The first kappa shape index (κ1) is 19.9. The van der Waals surface area contributed by atoms with E-state index < -0.39 is 11.3 Å². The van der Waals surface area contributed by atoms with Gasteiger partial charge in [-0.25, -0.2) is 0 Å². The van der Waals surface area contributed by atoms with E-state index in [1.807, 2.05) is 0 Å². The van der Waals surface area contributed by atoms with Crippen LogP contribution in [0.4, 0.5) is 0 Å². The molecule has 3 rings (SSSR count). The Morgan fingerprint density at radius 3 is 2.81 bits per heavy atom. The smallest absolute Gasteiger partial charge is 0.318 e. The summed E-state index contributed by atoms with van der Waals surface area (Å²) in [5.41, 5.74) is 1.09. The van der Waals surface area contributed by atoms with Gasteiger partial charge in [0.1, 0.15) is 5.41 Å². The van der Waals surface area contributed by atoms with Crippen LogP contribution in [0, 0.1) is 11.3 Å². The Kier molecular flexibility index (Phi) is 6.19. The fourth-order valence-corrected chi connectivity index (χ4v) is 4.89. The second-order valence-corrected chi connectivity index (χ2v) is 7.54. The molecular formula is C20H30N2O5. The number of hydrogen-bond acceptors (Lipinski definition) is 5. The van der Waals surface area contributed by atoms with Crippen molar-refractivity contribution in [2.24, 2.45) is 11.3 Å². The maximum absolute atomic E-state index is 13.2. The summed E-state index contributed by atoms with van der Waals surface area (Å²) in [6, 6.07) is 0. The van der Waals surface area contributed by atoms with Crippen LogP contribution < -0.4 is 5.32 Å². The van der Waals surface area contributed by atoms with Crippen molar-refractivity contribution in [3.8, 4) is 0 Å². The summed E-state index contributed by atoms with van der Waals surface area (Å²) >= 11 is 0. The van der Waals surface area contributed by atoms with Gasteiger partial charge in [0.25, 0.3) is 0 Å². The summed E-state index contributed by atoms with van der Waals surface area (Å²) in [6.07, 6.45) is 4.94. The Morgan fingerprint density at radius 1 is 1.30 bits per heavy atom. The molecule has 0 spiro atoms. The highest BCUT2D eigenvalue weighted by Crippen LogP contribution is 2.57. The molecule has 2 aliphatic heterocycles. The molecule has 1 N–H and O–H groups in total. The van der Waals surface area contributed by atoms with Crippen LogP contribution in [-0.2, 0) is 23.9 Å². The monoisotopic (exact) mass is 378 g/mol. The average Bonchev–Trinajstić information content (AvgIpc) is 2.91. The third kappa shape index (κ3) is 3.49. The zero-order valence-electron chi connectivity index (χ0n) is 16.3. The topological polar surface area (TPSA) is 84.9 Å². The van der Waals surface area contributed by atoms with Gasteiger partial charge in [-0.05, 0) is 51.0 Å². The maximum atomic E-state index is 13.2. The van der Waals surface area contributed by atoms with Gasteiger partial charge in [-0.2, -0.15) is 0 Å². The van der Waals surface area contributed by atoms with Gasteiger partial charge in [0.05, 0.1) is 12.5 Å². The highest BCUT2D eigenvalue weighted by molar-refractivity contribution is 5.99. The molecule has 0 saturated carbocycles. The normalized spacial score (nSPS) is 26.8. The minimum Gasteiger partial charge on any atom is -0.465 e. The molecule has 7 heteroatoms. The van der Waals surface area contributed by atoms with E-state index in [0.29, 0.717) is 32.5 Å². The van der Waals surface area contributed by atoms with Gasteiger partial charge in [0.15, 0.2) is 0 Å². The Labute approximate surface area is 160 Å². The number of rotatable bonds is 8. The number of methoxy groups -OCH3 is 1. The standard InChI is InChI=1S/C20H30N2O5/c1-3-27-19(25)20-9-4-7-14-8-5-11-22(17(14)20)18(24)15(20)13-16(23)21-10-6-12-26-2/h15H,3-13H2,1-2H3,(H,21,23)/t15-,20-/m0/s1. The number of carbonyl (C=O) groups excluding carboxylic acids is 3. The van der Waals surface area contributed by atoms with Crippen LogP contribution in [0.3, 0.4) is 0 Å². The Morgan fingerprint density at radius 2 is 2.07 bits per heavy atom. The number of nitrogens with zero attached hydrogens (tertiary/aromatic N) is 1. The Bertz CT molecular complexity index is 640. The summed E-state index contributed by atoms with van der Waals surface area (Å²) < 4.78 is 10.4. The van der Waals surface area contributed by atoms with Crippen molar-refractivity contribution in [3.63, 3.8) is 0 Å². The minimum absolute atomic E-state index is 0.0257. The number of carbonyl (C=O) groups is 3. The van der Waals surface area contributed by atoms with Gasteiger partial charge >= 0.3 is 5.97 Å². The second kappa shape index (κ2) is 8.42. The van der Waals surface area contributed by atoms with Crippen LogP contribution in [0.25, 0.3) is 0 Å². The molecule has 0 unspecified atom stereocenters. The van der Waals surface area contributed by atoms with E-state index in [4.69, 9.17) is 9.47 Å². The molecule has 0 aromatic rings. The van der Waals surface area contributed by atoms with E-state index in [-0.39, 0.29) is 30.8 Å². The van der Waals surface area contributed by atoms with Crippen LogP contribution in [0.5, 0.6) is 0 Å². The summed E-state index contributed by atoms with van der Waals surface area (Å²) in [6.45, 7) is 3.74. The zero-order valence-corrected chi connectivity index (χ0v) is 16.3. The summed E-state index contributed by atoms with van der Waals surface area (Å²) in [5, 5.41) is 2.85. The quantitative estimate of drug-likeness (QED) is 0.514. The van der Waals surface area contributed by atoms with Crippen molar-refractivity contribution in [2.75, 3.05) is 33.4 Å². The van der Waals surface area contributed by atoms with Crippen molar-refractivity contribution in [3.05, 3.63) is 11.3 Å². The van der Waals surface area contributed by atoms with Crippen LogP contribution >= 0.6 is 0 Å². The first-order chi connectivity index (χ1) is 13.1. The summed E-state index contributed by atoms with van der Waals surface area (Å²) in [7, 11) is 1.62. The highest BCUT2D eigenvalue weighted by atomic mass is 16.5. The number of nitrogens with one attached hydrogen (secondary N) is 1. The average molecular weight is 378 g/mol. The van der Waals surface area contributed by atoms with E-state index in [1.54, 1.807) is 18.9 Å². The lowest BCUT2D eigenvalue weighted by Crippen LogP contribution is -2.44. The van der Waals surface area contributed by atoms with E-state index in [2.05, 4.69) is 5.32 Å². The lowest BCUT2D eigenvalue weighted by molar-refractivity contribution is -0.158. The molecule has 2 atom stereocenters. The van der Waals surface area contributed by atoms with Gasteiger partial charge in [0, 0.05) is 38.9 Å². The van der Waals surface area contributed by atoms with Crippen molar-refractivity contribution >= 4 is 17.8 Å². The van der Waals surface area contributed by atoms with Crippen molar-refractivity contribution < 1.29 is 23.9 Å². The van der Waals surface area contributed by atoms with E-state index in [1.165, 1.54) is 5.57 Å². The molecule has 0 bridgehead atoms. The second-order valence-electron chi connectivity index (χ2n) is 7.54. The van der Waals surface area contributed by atoms with Crippen LogP contribution in [0.1, 0.15) is 51.9 Å². The Hall–Kier alpha value is -1.89. The van der Waals surface area contributed by atoms with Crippen LogP contribution in [-0.4, -0.2) is 56.1 Å². The Balaban J connectivity index is 1.87. The fourth-order valence-electron chi connectivity index (χ4n) is 4.89. The highest BCUT2D eigenvalue weighted by Gasteiger charge is 2.63. The predicted molar refractivity (Wildman–Crippen MR) is 98.5 cm³/mol. The summed E-state index contributed by atoms with van der Waals surface area (Å²) in [4.78, 5) is 40.6. The minimum atomic E-state index is -0.981. The lowest BCUT2D eigenvalue weighted by atomic mass is 9.65. The lowest BCUT2D eigenvalue weighted by Gasteiger charge is -2.39. The molecule has 1 saturated heterocycles. The fraction of sp³-hybridized carbons (Fsp3) is 0.750. The molecule has 3 aliphatic rings. The molecule has 27 heavy (non-hydrogen) atoms. The largest absolute Gasteiger partial charge is 0.465 e. The van der Waals surface area contributed by atoms with Crippen molar-refractivity contribution in [1.29, 1.82) is 0 Å². The van der Waals surface area contributed by atoms with Crippen molar-refractivity contribution in [2.45, 2.75) is 51.9 Å². The number of amides is 2. The van der Waals surface area contributed by atoms with Gasteiger partial charge in [-0.15, -0.1) is 0 Å². The molecule has 1 fully saturated rings. The third-order valence-corrected chi connectivity index (χ3v) is 5.97. The number of ether oxygens (including phenoxy) is 2. The molecule has 150 valence electrons. The molecule has 7 nitrogen and oxygen atoms in total. The molecule has 1 aliphatic carbocycles. The molecule has 2 amide bonds. The van der Waals surface area contributed by atoms with Crippen LogP contribution in [0.15, 0.2) is 11.3 Å². The SMILES string of the molecule is CCOC(=O)[C@]12CCCC3=C1N(CCC3)C(=O)[C@@H]2CC(=O)NCCCOC. The molecular weight excluding hydrogens is 348 g/mol. The molecule has 0 aromatic heterocycles. The van der Waals surface area contributed by atoms with E-state index >= 15 is 0 Å². The van der Waals surface area contributed by atoms with Gasteiger partial charge in [-0.1, -0.05) is 0 Å². The molecule has 2 heterocycles. The first-order valence-electron chi connectivity index (χ1n) is 10.0. The van der Waals surface area contributed by atoms with Gasteiger partial charge in [-0.3, -0.25) is 14.4 Å². The first-order valence-corrected chi connectivity index (χ1v) is 10.0. The van der Waals surface area contributed by atoms with Gasteiger partial charge < -0.3 is 19.7 Å².